The summed E-state index contributed by atoms with van der Waals surface area (Å²) >= 11 is 1.65. The van der Waals surface area contributed by atoms with E-state index in [1.807, 2.05) is 11.6 Å². The second kappa shape index (κ2) is 9.58. The number of halogens is 1. The van der Waals surface area contributed by atoms with Crippen LogP contribution >= 0.6 is 35.3 Å². The van der Waals surface area contributed by atoms with E-state index in [-0.39, 0.29) is 29.8 Å². The molecule has 0 aromatic carbocycles. The lowest BCUT2D eigenvalue weighted by atomic mass is 10.1. The summed E-state index contributed by atoms with van der Waals surface area (Å²) in [5.74, 6) is 0.821. The van der Waals surface area contributed by atoms with Gasteiger partial charge < -0.3 is 21.3 Å². The van der Waals surface area contributed by atoms with Gasteiger partial charge in [0, 0.05) is 44.3 Å². The number of nitrogens with two attached hydrogens (primary N) is 2. The van der Waals surface area contributed by atoms with E-state index >= 15 is 0 Å². The van der Waals surface area contributed by atoms with Crippen LogP contribution in [0.5, 0.6) is 0 Å². The van der Waals surface area contributed by atoms with Gasteiger partial charge >= 0.3 is 0 Å². The summed E-state index contributed by atoms with van der Waals surface area (Å²) in [6.07, 6.45) is 3.27. The predicted molar refractivity (Wildman–Crippen MR) is 114 cm³/mol. The number of guanidine groups is 1. The van der Waals surface area contributed by atoms with Crippen molar-refractivity contribution in [1.29, 1.82) is 5.26 Å². The van der Waals surface area contributed by atoms with Crippen molar-refractivity contribution in [1.82, 2.24) is 20.1 Å². The maximum atomic E-state index is 9.04. The Morgan fingerprint density at radius 3 is 2.81 bits per heavy atom. The highest BCUT2D eigenvalue weighted by Crippen LogP contribution is 2.18. The van der Waals surface area contributed by atoms with Crippen molar-refractivity contribution in [2.45, 2.75) is 12.8 Å². The molecular formula is C15H22IN9S. The normalized spacial score (nSPS) is 14.8. The zero-order valence-corrected chi connectivity index (χ0v) is 17.4. The zero-order valence-electron chi connectivity index (χ0n) is 14.3. The fourth-order valence-electron chi connectivity index (χ4n) is 2.75. The summed E-state index contributed by atoms with van der Waals surface area (Å²) in [5, 5.41) is 18.7. The van der Waals surface area contributed by atoms with Gasteiger partial charge in [-0.3, -0.25) is 10.1 Å². The van der Waals surface area contributed by atoms with Crippen molar-refractivity contribution in [2.24, 2.45) is 10.7 Å². The highest BCUT2D eigenvalue weighted by atomic mass is 127. The van der Waals surface area contributed by atoms with Crippen molar-refractivity contribution in [3.63, 3.8) is 0 Å². The Morgan fingerprint density at radius 1 is 1.38 bits per heavy atom. The number of nitrogens with zero attached hydrogens (tertiary/aromatic N) is 6. The van der Waals surface area contributed by atoms with Crippen LogP contribution in [0.25, 0.3) is 0 Å². The molecule has 26 heavy (non-hydrogen) atoms. The first kappa shape index (κ1) is 20.2. The van der Waals surface area contributed by atoms with Crippen LogP contribution in [0.3, 0.4) is 0 Å². The average Bonchev–Trinajstić information content (AvgIpc) is 3.28. The number of H-pyrrole nitrogens is 1. The van der Waals surface area contributed by atoms with Crippen LogP contribution in [0, 0.1) is 11.3 Å². The molecule has 9 nitrogen and oxygen atoms in total. The molecule has 0 radical (unpaired) electrons. The van der Waals surface area contributed by atoms with Crippen molar-refractivity contribution in [3.8, 4) is 6.07 Å². The summed E-state index contributed by atoms with van der Waals surface area (Å²) in [4.78, 5) is 13.2. The van der Waals surface area contributed by atoms with Crippen LogP contribution in [0.2, 0.25) is 0 Å². The molecule has 0 unspecified atom stereocenters. The summed E-state index contributed by atoms with van der Waals surface area (Å²) in [7, 11) is 0. The van der Waals surface area contributed by atoms with E-state index in [0.717, 1.165) is 43.4 Å². The minimum Gasteiger partial charge on any atom is -0.381 e. The van der Waals surface area contributed by atoms with Gasteiger partial charge in [0.05, 0.1) is 5.69 Å². The minimum absolute atomic E-state index is 0. The van der Waals surface area contributed by atoms with Crippen LogP contribution in [-0.4, -0.2) is 58.8 Å². The Balaban J connectivity index is 0.00000243. The summed E-state index contributed by atoms with van der Waals surface area (Å²) in [6, 6.07) is 2.06. The molecule has 140 valence electrons. The molecule has 2 aromatic rings. The quantitative estimate of drug-likeness (QED) is 0.248. The average molecular weight is 487 g/mol. The molecule has 3 heterocycles. The number of aromatic nitrogens is 3. The number of piperazine rings is 1. The Hall–Kier alpha value is -2.07. The lowest BCUT2D eigenvalue weighted by Crippen LogP contribution is -2.51. The Bertz CT molecular complexity index is 757. The minimum atomic E-state index is 0. The molecule has 3 rings (SSSR count). The Morgan fingerprint density at radius 2 is 2.15 bits per heavy atom. The zero-order chi connectivity index (χ0) is 17.6. The molecule has 0 amide bonds. The van der Waals surface area contributed by atoms with E-state index in [1.165, 1.54) is 0 Å². The van der Waals surface area contributed by atoms with E-state index in [2.05, 4.69) is 36.0 Å². The Kier molecular flexibility index (Phi) is 7.46. The van der Waals surface area contributed by atoms with E-state index in [9.17, 15) is 0 Å². The van der Waals surface area contributed by atoms with E-state index in [1.54, 1.807) is 11.3 Å². The van der Waals surface area contributed by atoms with Crippen LogP contribution < -0.4 is 16.4 Å². The molecule has 11 heteroatoms. The molecular weight excluding hydrogens is 465 g/mol. The molecule has 5 N–H and O–H groups in total. The molecule has 1 fully saturated rings. The number of hydrogen-bond acceptors (Lipinski definition) is 7. The van der Waals surface area contributed by atoms with Gasteiger partial charge in [-0.15, -0.1) is 35.3 Å². The first-order valence-corrected chi connectivity index (χ1v) is 8.99. The maximum Gasteiger partial charge on any atom is 0.191 e. The van der Waals surface area contributed by atoms with Crippen molar-refractivity contribution in [2.75, 3.05) is 43.4 Å². The van der Waals surface area contributed by atoms with Crippen LogP contribution in [0.4, 0.5) is 10.9 Å². The largest absolute Gasteiger partial charge is 0.381 e. The number of nitrogen functional groups attached to an aromatic ring is 1. The molecule has 1 aliphatic rings. The molecule has 0 spiro atoms. The second-order valence-electron chi connectivity index (χ2n) is 5.71. The van der Waals surface area contributed by atoms with E-state index in [0.29, 0.717) is 24.5 Å². The lowest BCUT2D eigenvalue weighted by Gasteiger charge is -2.35. The van der Waals surface area contributed by atoms with Gasteiger partial charge in [-0.25, -0.2) is 4.98 Å². The third-order valence-electron chi connectivity index (χ3n) is 4.13. The van der Waals surface area contributed by atoms with Gasteiger partial charge in [0.2, 0.25) is 0 Å². The molecule has 1 aliphatic heterocycles. The maximum absolute atomic E-state index is 9.04. The number of hydrogen-bond donors (Lipinski definition) is 3. The highest BCUT2D eigenvalue weighted by Gasteiger charge is 2.19. The summed E-state index contributed by atoms with van der Waals surface area (Å²) in [6.45, 7) is 4.06. The van der Waals surface area contributed by atoms with Gasteiger partial charge in [-0.2, -0.15) is 10.4 Å². The van der Waals surface area contributed by atoms with Crippen molar-refractivity contribution in [3.05, 3.63) is 22.8 Å². The SMILES string of the molecule is I.N#Cc1c(N)n[nH]c1CCCN=C(N)N1CCN(c2nccs2)CC1. The molecule has 0 aliphatic carbocycles. The topological polar surface area (TPSA) is 136 Å². The van der Waals surface area contributed by atoms with Crippen molar-refractivity contribution < 1.29 is 0 Å². The van der Waals surface area contributed by atoms with Gasteiger partial charge in [0.25, 0.3) is 0 Å². The first-order chi connectivity index (χ1) is 12.2. The van der Waals surface area contributed by atoms with Gasteiger partial charge in [0.15, 0.2) is 16.9 Å². The number of nitriles is 1. The van der Waals surface area contributed by atoms with Gasteiger partial charge in [-0.1, -0.05) is 0 Å². The third kappa shape index (κ3) is 4.76. The molecule has 0 bridgehead atoms. The van der Waals surface area contributed by atoms with Gasteiger partial charge in [-0.05, 0) is 12.8 Å². The Labute approximate surface area is 173 Å². The number of aromatic amines is 1. The fourth-order valence-corrected chi connectivity index (χ4v) is 3.44. The smallest absolute Gasteiger partial charge is 0.191 e. The second-order valence-corrected chi connectivity index (χ2v) is 6.58. The number of aryl methyl sites for hydroxylation is 1. The number of thiazole rings is 1. The van der Waals surface area contributed by atoms with Gasteiger partial charge in [0.1, 0.15) is 11.6 Å². The number of aliphatic imine (C=N–C) groups is 1. The van der Waals surface area contributed by atoms with Crippen LogP contribution in [0.15, 0.2) is 16.6 Å². The molecule has 2 aromatic heterocycles. The fraction of sp³-hybridized carbons (Fsp3) is 0.467. The monoisotopic (exact) mass is 487 g/mol. The number of nitrogens with one attached hydrogen (secondary N) is 1. The molecule has 0 saturated carbocycles. The summed E-state index contributed by atoms with van der Waals surface area (Å²) in [5.41, 5.74) is 12.9. The van der Waals surface area contributed by atoms with Crippen LogP contribution in [0.1, 0.15) is 17.7 Å². The first-order valence-electron chi connectivity index (χ1n) is 8.11. The number of rotatable bonds is 5. The summed E-state index contributed by atoms with van der Waals surface area (Å²) < 4.78 is 0. The molecule has 0 atom stereocenters. The standard InChI is InChI=1S/C15H21N9S.HI/c16-10-11-12(21-22-13(11)17)2-1-3-19-14(18)23-5-7-24(8-6-23)15-20-4-9-25-15;/h4,9H,1-3,5-8H2,(H2,18,19)(H3,17,21,22);1H. The lowest BCUT2D eigenvalue weighted by molar-refractivity contribution is 0.380. The van der Waals surface area contributed by atoms with E-state index < -0.39 is 0 Å². The number of anilines is 2. The van der Waals surface area contributed by atoms with E-state index in [4.69, 9.17) is 16.7 Å². The van der Waals surface area contributed by atoms with Crippen LogP contribution in [-0.2, 0) is 6.42 Å². The third-order valence-corrected chi connectivity index (χ3v) is 4.97. The molecule has 1 saturated heterocycles. The highest BCUT2D eigenvalue weighted by molar-refractivity contribution is 14.0. The van der Waals surface area contributed by atoms with Crippen molar-refractivity contribution >= 4 is 52.2 Å². The predicted octanol–water partition coefficient (Wildman–Crippen LogP) is 1.01.